The fraction of sp³-hybridized carbons (Fsp3) is 0.111. The quantitative estimate of drug-likeness (QED) is 0.545. The molecule has 7 heteroatoms. The molecule has 5 nitrogen and oxygen atoms in total. The number of halogens is 2. The van der Waals surface area contributed by atoms with Crippen LogP contribution in [-0.4, -0.2) is 25.5 Å². The number of carboxylic acids is 1. The Balaban J connectivity index is 2.17. The van der Waals surface area contributed by atoms with Crippen LogP contribution in [0.2, 0.25) is 10.0 Å². The van der Waals surface area contributed by atoms with Crippen molar-refractivity contribution in [2.75, 3.05) is 13.7 Å². The molecule has 2 aromatic carbocycles. The summed E-state index contributed by atoms with van der Waals surface area (Å²) in [6, 6.07) is 9.44. The van der Waals surface area contributed by atoms with Crippen LogP contribution < -0.4 is 14.6 Å². The molecule has 0 amide bonds. The van der Waals surface area contributed by atoms with Crippen molar-refractivity contribution in [1.82, 2.24) is 0 Å². The van der Waals surface area contributed by atoms with Gasteiger partial charge in [0.15, 0.2) is 17.3 Å². The zero-order chi connectivity index (χ0) is 18.4. The number of aliphatic carboxylic acids is 1. The molecule has 0 N–H and O–H groups in total. The monoisotopic (exact) mass is 379 g/mol. The summed E-state index contributed by atoms with van der Waals surface area (Å²) in [5, 5.41) is 11.2. The van der Waals surface area contributed by atoms with Crippen molar-refractivity contribution in [3.63, 3.8) is 0 Å². The number of hydrogen-bond donors (Lipinski definition) is 0. The summed E-state index contributed by atoms with van der Waals surface area (Å²) in [4.78, 5) is 22.7. The summed E-state index contributed by atoms with van der Waals surface area (Å²) < 4.78 is 10.2. The second kappa shape index (κ2) is 8.55. The second-order valence-corrected chi connectivity index (χ2v) is 5.74. The molecule has 0 unspecified atom stereocenters. The van der Waals surface area contributed by atoms with Crippen molar-refractivity contribution in [2.45, 2.75) is 0 Å². The number of ether oxygens (including phenoxy) is 2. The van der Waals surface area contributed by atoms with E-state index < -0.39 is 12.6 Å². The molecule has 0 radical (unpaired) electrons. The molecule has 0 fully saturated rings. The van der Waals surface area contributed by atoms with E-state index in [9.17, 15) is 14.7 Å². The molecule has 130 valence electrons. The Morgan fingerprint density at radius 3 is 2.52 bits per heavy atom. The van der Waals surface area contributed by atoms with E-state index in [1.165, 1.54) is 19.3 Å². The van der Waals surface area contributed by atoms with Crippen LogP contribution in [0.25, 0.3) is 6.08 Å². The lowest BCUT2D eigenvalue weighted by molar-refractivity contribution is -0.307. The van der Waals surface area contributed by atoms with E-state index in [4.69, 9.17) is 32.7 Å². The zero-order valence-corrected chi connectivity index (χ0v) is 14.6. The first-order chi connectivity index (χ1) is 11.9. The summed E-state index contributed by atoms with van der Waals surface area (Å²) in [5.41, 5.74) is 0.999. The molecule has 0 saturated heterocycles. The molecule has 0 spiro atoms. The molecule has 0 atom stereocenters. The topological polar surface area (TPSA) is 75.7 Å². The maximum Gasteiger partial charge on any atom is 0.187 e. The van der Waals surface area contributed by atoms with Gasteiger partial charge >= 0.3 is 0 Å². The third-order valence-corrected chi connectivity index (χ3v) is 3.70. The maximum atomic E-state index is 12.2. The lowest BCUT2D eigenvalue weighted by atomic mass is 10.1. The van der Waals surface area contributed by atoms with E-state index in [2.05, 4.69) is 0 Å². The summed E-state index contributed by atoms with van der Waals surface area (Å²) in [6.07, 6.45) is 2.95. The molecule has 0 aliphatic carbocycles. The molecule has 2 rings (SSSR count). The number of benzene rings is 2. The van der Waals surface area contributed by atoms with Crippen molar-refractivity contribution < 1.29 is 24.2 Å². The minimum absolute atomic E-state index is 0.260. The van der Waals surface area contributed by atoms with E-state index >= 15 is 0 Å². The smallest absolute Gasteiger partial charge is 0.187 e. The third-order valence-electron chi connectivity index (χ3n) is 3.16. The maximum absolute atomic E-state index is 12.2. The number of methoxy groups -OCH3 is 1. The molecular weight excluding hydrogens is 367 g/mol. The molecule has 0 bridgehead atoms. The van der Waals surface area contributed by atoms with Crippen molar-refractivity contribution in [1.29, 1.82) is 0 Å². The molecule has 0 aliphatic rings. The van der Waals surface area contributed by atoms with Crippen LogP contribution in [0, 0.1) is 0 Å². The molecular formula is C18H13Cl2O5-. The molecule has 0 aliphatic heterocycles. The number of carbonyl (C=O) groups excluding carboxylic acids is 2. The van der Waals surface area contributed by atoms with Crippen LogP contribution in [0.3, 0.4) is 0 Å². The van der Waals surface area contributed by atoms with Crippen LogP contribution in [0.1, 0.15) is 15.9 Å². The molecule has 0 heterocycles. The molecule has 2 aromatic rings. The number of hydrogen-bond acceptors (Lipinski definition) is 5. The summed E-state index contributed by atoms with van der Waals surface area (Å²) in [5.74, 6) is -1.02. The lowest BCUT2D eigenvalue weighted by Gasteiger charge is -2.11. The first-order valence-electron chi connectivity index (χ1n) is 7.09. The largest absolute Gasteiger partial charge is 0.546 e. The third kappa shape index (κ3) is 5.24. The van der Waals surface area contributed by atoms with Gasteiger partial charge in [0.1, 0.15) is 6.61 Å². The first kappa shape index (κ1) is 18.8. The van der Waals surface area contributed by atoms with Crippen LogP contribution in [0.4, 0.5) is 0 Å². The van der Waals surface area contributed by atoms with Gasteiger partial charge in [-0.1, -0.05) is 35.3 Å². The molecule has 0 saturated carbocycles. The Morgan fingerprint density at radius 2 is 1.88 bits per heavy atom. The first-order valence-corrected chi connectivity index (χ1v) is 7.84. The van der Waals surface area contributed by atoms with Crippen LogP contribution in [0.5, 0.6) is 11.5 Å². The van der Waals surface area contributed by atoms with Gasteiger partial charge in [-0.2, -0.15) is 0 Å². The number of carbonyl (C=O) groups is 2. The Kier molecular flexibility index (Phi) is 6.44. The second-order valence-electron chi connectivity index (χ2n) is 4.89. The fourth-order valence-electron chi connectivity index (χ4n) is 1.99. The van der Waals surface area contributed by atoms with Gasteiger partial charge in [0, 0.05) is 10.6 Å². The van der Waals surface area contributed by atoms with Crippen LogP contribution in [0.15, 0.2) is 42.5 Å². The summed E-state index contributed by atoms with van der Waals surface area (Å²) >= 11 is 11.8. The highest BCUT2D eigenvalue weighted by atomic mass is 35.5. The summed E-state index contributed by atoms with van der Waals surface area (Å²) in [7, 11) is 1.42. The van der Waals surface area contributed by atoms with Gasteiger partial charge in [0.2, 0.25) is 0 Å². The number of carboxylic acid groups (broad SMARTS) is 1. The van der Waals surface area contributed by atoms with Crippen molar-refractivity contribution in [3.8, 4) is 11.5 Å². The number of ketones is 1. The Morgan fingerprint density at radius 1 is 1.12 bits per heavy atom. The highest BCUT2D eigenvalue weighted by Gasteiger charge is 2.09. The van der Waals surface area contributed by atoms with Crippen molar-refractivity contribution in [3.05, 3.63) is 63.6 Å². The Hall–Kier alpha value is -2.50. The normalized spacial score (nSPS) is 10.7. The SMILES string of the molecule is COc1cc(/C=C/C(=O)c2ccc(Cl)cc2Cl)ccc1OCC(=O)[O-]. The van der Waals surface area contributed by atoms with E-state index in [0.717, 1.165) is 0 Å². The average Bonchev–Trinajstić information content (AvgIpc) is 2.58. The minimum atomic E-state index is -1.34. The van der Waals surface area contributed by atoms with E-state index in [-0.39, 0.29) is 16.6 Å². The Labute approximate surface area is 154 Å². The van der Waals surface area contributed by atoms with Crippen molar-refractivity contribution in [2.24, 2.45) is 0 Å². The summed E-state index contributed by atoms with van der Waals surface area (Å²) in [6.45, 7) is -0.584. The Bertz CT molecular complexity index is 830. The van der Waals surface area contributed by atoms with Gasteiger partial charge in [-0.25, -0.2) is 0 Å². The highest BCUT2D eigenvalue weighted by Crippen LogP contribution is 2.29. The predicted octanol–water partition coefficient (Wildman–Crippen LogP) is 3.03. The van der Waals surface area contributed by atoms with Gasteiger partial charge in [-0.3, -0.25) is 4.79 Å². The van der Waals surface area contributed by atoms with Gasteiger partial charge in [0.25, 0.3) is 0 Å². The van der Waals surface area contributed by atoms with Gasteiger partial charge < -0.3 is 19.4 Å². The molecule has 25 heavy (non-hydrogen) atoms. The van der Waals surface area contributed by atoms with E-state index in [1.54, 1.807) is 36.4 Å². The highest BCUT2D eigenvalue weighted by molar-refractivity contribution is 6.37. The minimum Gasteiger partial charge on any atom is -0.546 e. The van der Waals surface area contributed by atoms with Crippen LogP contribution in [-0.2, 0) is 4.79 Å². The number of rotatable bonds is 7. The molecule has 0 aromatic heterocycles. The van der Waals surface area contributed by atoms with Gasteiger partial charge in [0.05, 0.1) is 18.1 Å². The van der Waals surface area contributed by atoms with Gasteiger partial charge in [-0.15, -0.1) is 0 Å². The average molecular weight is 380 g/mol. The fourth-order valence-corrected chi connectivity index (χ4v) is 2.50. The predicted molar refractivity (Wildman–Crippen MR) is 93.3 cm³/mol. The lowest BCUT2D eigenvalue weighted by Crippen LogP contribution is -2.29. The number of allylic oxidation sites excluding steroid dienone is 1. The van der Waals surface area contributed by atoms with Crippen LogP contribution >= 0.6 is 23.2 Å². The standard InChI is InChI=1S/C18H14Cl2O5/c1-24-17-8-11(3-7-16(17)25-10-18(22)23)2-6-15(21)13-5-4-12(19)9-14(13)20/h2-9H,10H2,1H3,(H,22,23)/p-1/b6-2+. The van der Waals surface area contributed by atoms with E-state index in [0.29, 0.717) is 21.9 Å². The van der Waals surface area contributed by atoms with E-state index in [1.807, 2.05) is 0 Å². The van der Waals surface area contributed by atoms with Gasteiger partial charge in [-0.05, 0) is 42.0 Å². The zero-order valence-electron chi connectivity index (χ0n) is 13.1. The van der Waals surface area contributed by atoms with Crippen molar-refractivity contribution >= 4 is 41.0 Å².